The molecule has 1 saturated heterocycles. The van der Waals surface area contributed by atoms with Gasteiger partial charge in [-0.25, -0.2) is 8.42 Å². The number of aryl methyl sites for hydroxylation is 1. The fourth-order valence-corrected chi connectivity index (χ4v) is 4.22. The molecule has 5 heteroatoms. The maximum atomic E-state index is 11.4. The van der Waals surface area contributed by atoms with Gasteiger partial charge in [0.05, 0.1) is 11.5 Å². The van der Waals surface area contributed by atoms with Crippen molar-refractivity contribution in [2.75, 3.05) is 24.7 Å². The molecule has 21 heavy (non-hydrogen) atoms. The molecular formula is C16H25NO3S. The van der Waals surface area contributed by atoms with Crippen LogP contribution < -0.4 is 10.1 Å². The van der Waals surface area contributed by atoms with E-state index in [2.05, 4.69) is 37.4 Å². The van der Waals surface area contributed by atoms with Crippen molar-refractivity contribution < 1.29 is 13.2 Å². The minimum Gasteiger partial charge on any atom is -0.492 e. The Morgan fingerprint density at radius 3 is 2.76 bits per heavy atom. The van der Waals surface area contributed by atoms with Gasteiger partial charge >= 0.3 is 0 Å². The molecule has 1 aliphatic rings. The van der Waals surface area contributed by atoms with Crippen LogP contribution >= 0.6 is 0 Å². The maximum absolute atomic E-state index is 11.4. The van der Waals surface area contributed by atoms with Gasteiger partial charge in [-0.2, -0.15) is 0 Å². The summed E-state index contributed by atoms with van der Waals surface area (Å²) in [7, 11) is -2.81. The smallest absolute Gasteiger partial charge is 0.151 e. The molecule has 0 amide bonds. The molecule has 1 aromatic rings. The Morgan fingerprint density at radius 2 is 2.14 bits per heavy atom. The second kappa shape index (κ2) is 6.79. The zero-order valence-corrected chi connectivity index (χ0v) is 13.9. The lowest BCUT2D eigenvalue weighted by molar-refractivity contribution is 0.305. The van der Waals surface area contributed by atoms with Gasteiger partial charge in [0.25, 0.3) is 0 Å². The molecule has 1 atom stereocenters. The van der Waals surface area contributed by atoms with Gasteiger partial charge in [-0.1, -0.05) is 26.0 Å². The van der Waals surface area contributed by atoms with Gasteiger partial charge in [0.15, 0.2) is 9.84 Å². The van der Waals surface area contributed by atoms with Gasteiger partial charge in [-0.3, -0.25) is 0 Å². The average Bonchev–Trinajstić information content (AvgIpc) is 2.76. The van der Waals surface area contributed by atoms with Crippen LogP contribution in [-0.4, -0.2) is 39.1 Å². The molecular weight excluding hydrogens is 286 g/mol. The second-order valence-corrected chi connectivity index (χ2v) is 8.31. The molecule has 2 rings (SSSR count). The summed E-state index contributed by atoms with van der Waals surface area (Å²) < 4.78 is 28.6. The van der Waals surface area contributed by atoms with E-state index < -0.39 is 9.84 Å². The van der Waals surface area contributed by atoms with Crippen molar-refractivity contribution >= 4 is 9.84 Å². The van der Waals surface area contributed by atoms with E-state index in [0.29, 0.717) is 31.2 Å². The highest BCUT2D eigenvalue weighted by Gasteiger charge is 2.27. The third-order valence-electron chi connectivity index (χ3n) is 3.90. The van der Waals surface area contributed by atoms with Crippen molar-refractivity contribution in [2.24, 2.45) is 0 Å². The van der Waals surface area contributed by atoms with Gasteiger partial charge in [0.2, 0.25) is 0 Å². The first kappa shape index (κ1) is 16.3. The summed E-state index contributed by atoms with van der Waals surface area (Å²) in [6.07, 6.45) is 0.712. The Kier molecular flexibility index (Phi) is 5.27. The molecule has 1 heterocycles. The van der Waals surface area contributed by atoms with E-state index in [1.807, 2.05) is 6.92 Å². The van der Waals surface area contributed by atoms with Crippen molar-refractivity contribution in [1.82, 2.24) is 5.32 Å². The summed E-state index contributed by atoms with van der Waals surface area (Å²) >= 11 is 0. The Bertz CT molecular complexity index is 581. The van der Waals surface area contributed by atoms with Crippen LogP contribution in [0.15, 0.2) is 18.2 Å². The van der Waals surface area contributed by atoms with Gasteiger partial charge in [-0.15, -0.1) is 0 Å². The molecule has 1 aromatic carbocycles. The van der Waals surface area contributed by atoms with Crippen LogP contribution in [0.3, 0.4) is 0 Å². The maximum Gasteiger partial charge on any atom is 0.151 e. The molecule has 0 aliphatic carbocycles. The lowest BCUT2D eigenvalue weighted by atomic mass is 10.0. The molecule has 0 bridgehead atoms. The first-order chi connectivity index (χ1) is 9.87. The average molecular weight is 311 g/mol. The molecule has 1 fully saturated rings. The van der Waals surface area contributed by atoms with Gasteiger partial charge < -0.3 is 10.1 Å². The van der Waals surface area contributed by atoms with E-state index in [0.717, 1.165) is 11.3 Å². The van der Waals surface area contributed by atoms with Crippen LogP contribution in [0.4, 0.5) is 0 Å². The molecule has 4 nitrogen and oxygen atoms in total. The normalized spacial score (nSPS) is 20.9. The molecule has 0 spiro atoms. The quantitative estimate of drug-likeness (QED) is 0.819. The molecule has 1 aliphatic heterocycles. The zero-order chi connectivity index (χ0) is 15.5. The number of hydrogen-bond donors (Lipinski definition) is 1. The number of sulfone groups is 1. The summed E-state index contributed by atoms with van der Waals surface area (Å²) in [4.78, 5) is 0. The third-order valence-corrected chi connectivity index (χ3v) is 5.67. The third kappa shape index (κ3) is 4.71. The predicted molar refractivity (Wildman–Crippen MR) is 85.8 cm³/mol. The zero-order valence-electron chi connectivity index (χ0n) is 13.1. The number of rotatable bonds is 6. The summed E-state index contributed by atoms with van der Waals surface area (Å²) in [6, 6.07) is 6.40. The van der Waals surface area contributed by atoms with Gasteiger partial charge in [0, 0.05) is 12.6 Å². The van der Waals surface area contributed by atoms with Crippen LogP contribution in [0.2, 0.25) is 0 Å². The summed E-state index contributed by atoms with van der Waals surface area (Å²) in [5.74, 6) is 1.97. The standard InChI is InChI=1S/C16H25NO3S/c1-12(2)14-5-4-13(3)16(10-14)20-8-7-17-15-6-9-21(18,19)11-15/h4-5,10,12,15,17H,6-9,11H2,1-3H3. The van der Waals surface area contributed by atoms with Crippen LogP contribution in [-0.2, 0) is 9.84 Å². The van der Waals surface area contributed by atoms with Crippen LogP contribution in [0.1, 0.15) is 37.3 Å². The van der Waals surface area contributed by atoms with Crippen molar-refractivity contribution in [2.45, 2.75) is 39.2 Å². The molecule has 1 unspecified atom stereocenters. The van der Waals surface area contributed by atoms with Crippen LogP contribution in [0, 0.1) is 6.92 Å². The highest BCUT2D eigenvalue weighted by atomic mass is 32.2. The van der Waals surface area contributed by atoms with Gasteiger partial charge in [0.1, 0.15) is 12.4 Å². The minimum absolute atomic E-state index is 0.0849. The van der Waals surface area contributed by atoms with Crippen LogP contribution in [0.5, 0.6) is 5.75 Å². The van der Waals surface area contributed by atoms with Crippen molar-refractivity contribution in [1.29, 1.82) is 0 Å². The van der Waals surface area contributed by atoms with E-state index in [-0.39, 0.29) is 11.8 Å². The van der Waals surface area contributed by atoms with E-state index in [1.54, 1.807) is 0 Å². The van der Waals surface area contributed by atoms with Crippen molar-refractivity contribution in [3.63, 3.8) is 0 Å². The van der Waals surface area contributed by atoms with E-state index in [1.165, 1.54) is 5.56 Å². The monoisotopic (exact) mass is 311 g/mol. The molecule has 0 radical (unpaired) electrons. The fraction of sp³-hybridized carbons (Fsp3) is 0.625. The number of benzene rings is 1. The van der Waals surface area contributed by atoms with Crippen LogP contribution in [0.25, 0.3) is 0 Å². The summed E-state index contributed by atoms with van der Waals surface area (Å²) in [6.45, 7) is 7.59. The lowest BCUT2D eigenvalue weighted by Gasteiger charge is -2.14. The topological polar surface area (TPSA) is 55.4 Å². The Morgan fingerprint density at radius 1 is 1.38 bits per heavy atom. The Labute approximate surface area is 127 Å². The number of ether oxygens (including phenoxy) is 1. The number of nitrogens with one attached hydrogen (secondary N) is 1. The van der Waals surface area contributed by atoms with Crippen molar-refractivity contribution in [3.05, 3.63) is 29.3 Å². The Balaban J connectivity index is 1.80. The van der Waals surface area contributed by atoms with E-state index in [4.69, 9.17) is 4.74 Å². The highest BCUT2D eigenvalue weighted by Crippen LogP contribution is 2.24. The Hall–Kier alpha value is -1.07. The number of hydrogen-bond acceptors (Lipinski definition) is 4. The highest BCUT2D eigenvalue weighted by molar-refractivity contribution is 7.91. The fourth-order valence-electron chi connectivity index (χ4n) is 2.51. The van der Waals surface area contributed by atoms with Gasteiger partial charge in [-0.05, 0) is 36.5 Å². The van der Waals surface area contributed by atoms with Crippen molar-refractivity contribution in [3.8, 4) is 5.75 Å². The minimum atomic E-state index is -2.81. The first-order valence-electron chi connectivity index (χ1n) is 7.54. The second-order valence-electron chi connectivity index (χ2n) is 6.08. The molecule has 0 aromatic heterocycles. The summed E-state index contributed by atoms with van der Waals surface area (Å²) in [5.41, 5.74) is 2.40. The molecule has 1 N–H and O–H groups in total. The van der Waals surface area contributed by atoms with E-state index >= 15 is 0 Å². The SMILES string of the molecule is Cc1ccc(C(C)C)cc1OCCNC1CCS(=O)(=O)C1. The molecule has 0 saturated carbocycles. The predicted octanol–water partition coefficient (Wildman–Crippen LogP) is 2.27. The molecule has 118 valence electrons. The first-order valence-corrected chi connectivity index (χ1v) is 9.36. The lowest BCUT2D eigenvalue weighted by Crippen LogP contribution is -2.33. The largest absolute Gasteiger partial charge is 0.492 e. The summed E-state index contributed by atoms with van der Waals surface area (Å²) in [5, 5.41) is 3.26. The van der Waals surface area contributed by atoms with E-state index in [9.17, 15) is 8.42 Å².